The van der Waals surface area contributed by atoms with Crippen LogP contribution in [0.25, 0.3) is 0 Å². The molecule has 0 bridgehead atoms. The highest BCUT2D eigenvalue weighted by atomic mass is 32.2. The average Bonchev–Trinajstić information content (AvgIpc) is 3.38. The summed E-state index contributed by atoms with van der Waals surface area (Å²) in [6.07, 6.45) is 6.68. The molecule has 1 aromatic heterocycles. The van der Waals surface area contributed by atoms with Crippen molar-refractivity contribution in [3.05, 3.63) is 54.4 Å². The number of nitrogens with zero attached hydrogens (tertiary/aromatic N) is 3. The van der Waals surface area contributed by atoms with Gasteiger partial charge in [0, 0.05) is 38.1 Å². The number of sulfonamides is 2. The zero-order valence-corrected chi connectivity index (χ0v) is 17.1. The summed E-state index contributed by atoms with van der Waals surface area (Å²) in [4.78, 5) is 4.23. The number of hydrogen-bond donors (Lipinski definition) is 0. The third-order valence-corrected chi connectivity index (χ3v) is 9.00. The van der Waals surface area contributed by atoms with Gasteiger partial charge in [-0.2, -0.15) is 8.61 Å². The maximum Gasteiger partial charge on any atom is 0.243 e. The summed E-state index contributed by atoms with van der Waals surface area (Å²) in [5.41, 5.74) is 0.874. The van der Waals surface area contributed by atoms with Gasteiger partial charge in [0.15, 0.2) is 0 Å². The van der Waals surface area contributed by atoms with Gasteiger partial charge < -0.3 is 0 Å². The SMILES string of the molecule is O=S(=O)(c1ccc(S(=O)(=O)N(Cc2ccncc2)C2CC2)cc1)N1CCCC1. The Kier molecular flexibility index (Phi) is 5.26. The Balaban J connectivity index is 1.59. The highest BCUT2D eigenvalue weighted by Gasteiger charge is 2.38. The second kappa shape index (κ2) is 7.55. The first kappa shape index (κ1) is 19.5. The predicted octanol–water partition coefficient (Wildman–Crippen LogP) is 2.22. The van der Waals surface area contributed by atoms with Crippen molar-refractivity contribution in [3.63, 3.8) is 0 Å². The van der Waals surface area contributed by atoms with Crippen LogP contribution in [-0.2, 0) is 26.6 Å². The van der Waals surface area contributed by atoms with E-state index in [1.807, 2.05) is 0 Å². The minimum absolute atomic E-state index is 0.00817. The molecule has 9 heteroatoms. The van der Waals surface area contributed by atoms with Gasteiger partial charge in [-0.1, -0.05) is 0 Å². The minimum Gasteiger partial charge on any atom is -0.265 e. The quantitative estimate of drug-likeness (QED) is 0.684. The van der Waals surface area contributed by atoms with Crippen molar-refractivity contribution in [1.82, 2.24) is 13.6 Å². The fourth-order valence-corrected chi connectivity index (χ4v) is 6.63. The molecule has 2 aliphatic rings. The topological polar surface area (TPSA) is 87.6 Å². The Morgan fingerprint density at radius 3 is 2.04 bits per heavy atom. The summed E-state index contributed by atoms with van der Waals surface area (Å²) >= 11 is 0. The second-order valence-electron chi connectivity index (χ2n) is 7.22. The van der Waals surface area contributed by atoms with E-state index >= 15 is 0 Å². The van der Waals surface area contributed by atoms with E-state index in [4.69, 9.17) is 0 Å². The first-order valence-electron chi connectivity index (χ1n) is 9.40. The molecule has 150 valence electrons. The molecule has 0 amide bonds. The third-order valence-electron chi connectivity index (χ3n) is 5.18. The molecule has 0 spiro atoms. The molecule has 0 atom stereocenters. The largest absolute Gasteiger partial charge is 0.265 e. The summed E-state index contributed by atoms with van der Waals surface area (Å²) < 4.78 is 54.6. The van der Waals surface area contributed by atoms with E-state index in [1.165, 1.54) is 32.9 Å². The Bertz CT molecular complexity index is 1030. The molecular formula is C19H23N3O4S2. The van der Waals surface area contributed by atoms with Crippen molar-refractivity contribution < 1.29 is 16.8 Å². The lowest BCUT2D eigenvalue weighted by molar-refractivity contribution is 0.398. The highest BCUT2D eigenvalue weighted by molar-refractivity contribution is 7.89. The van der Waals surface area contributed by atoms with Crippen molar-refractivity contribution >= 4 is 20.0 Å². The van der Waals surface area contributed by atoms with Crippen LogP contribution in [0.4, 0.5) is 0 Å². The van der Waals surface area contributed by atoms with E-state index in [-0.39, 0.29) is 22.4 Å². The van der Waals surface area contributed by atoms with Crippen LogP contribution in [0.2, 0.25) is 0 Å². The van der Waals surface area contributed by atoms with E-state index in [2.05, 4.69) is 4.98 Å². The smallest absolute Gasteiger partial charge is 0.243 e. The molecule has 0 N–H and O–H groups in total. The summed E-state index contributed by atoms with van der Waals surface area (Å²) in [6.45, 7) is 1.32. The van der Waals surface area contributed by atoms with Gasteiger partial charge in [-0.05, 0) is 67.6 Å². The Labute approximate surface area is 166 Å². The lowest BCUT2D eigenvalue weighted by atomic mass is 10.3. The normalized spacial score (nSPS) is 18.6. The minimum atomic E-state index is -3.71. The summed E-state index contributed by atoms with van der Waals surface area (Å²) in [6, 6.07) is 9.20. The van der Waals surface area contributed by atoms with E-state index < -0.39 is 20.0 Å². The first-order chi connectivity index (χ1) is 13.4. The summed E-state index contributed by atoms with van der Waals surface area (Å²) in [5, 5.41) is 0. The standard InChI is InChI=1S/C19H23N3O4S2/c23-27(24,21-13-1-2-14-21)18-5-7-19(8-6-18)28(25,26)22(17-3-4-17)15-16-9-11-20-12-10-16/h5-12,17H,1-4,13-15H2. The average molecular weight is 422 g/mol. The fraction of sp³-hybridized carbons (Fsp3) is 0.421. The van der Waals surface area contributed by atoms with Crippen LogP contribution in [0.5, 0.6) is 0 Å². The van der Waals surface area contributed by atoms with Crippen molar-refractivity contribution in [1.29, 1.82) is 0 Å². The summed E-state index contributed by atoms with van der Waals surface area (Å²) in [7, 11) is -7.27. The molecule has 7 nitrogen and oxygen atoms in total. The monoisotopic (exact) mass is 421 g/mol. The van der Waals surface area contributed by atoms with Crippen LogP contribution in [0.1, 0.15) is 31.2 Å². The number of aromatic nitrogens is 1. The lowest BCUT2D eigenvalue weighted by Crippen LogP contribution is -2.32. The number of pyridine rings is 1. The lowest BCUT2D eigenvalue weighted by Gasteiger charge is -2.22. The van der Waals surface area contributed by atoms with E-state index in [1.54, 1.807) is 24.5 Å². The van der Waals surface area contributed by atoms with Gasteiger partial charge in [0.2, 0.25) is 20.0 Å². The number of rotatable bonds is 7. The molecule has 4 rings (SSSR count). The van der Waals surface area contributed by atoms with Crippen molar-refractivity contribution in [2.45, 2.75) is 48.1 Å². The highest BCUT2D eigenvalue weighted by Crippen LogP contribution is 2.34. The van der Waals surface area contributed by atoms with Crippen molar-refractivity contribution in [2.75, 3.05) is 13.1 Å². The van der Waals surface area contributed by atoms with E-state index in [9.17, 15) is 16.8 Å². The molecule has 1 aliphatic heterocycles. The Morgan fingerprint density at radius 1 is 0.893 bits per heavy atom. The maximum atomic E-state index is 13.2. The van der Waals surface area contributed by atoms with Crippen LogP contribution in [-0.4, -0.2) is 49.6 Å². The number of benzene rings is 1. The van der Waals surface area contributed by atoms with Gasteiger partial charge in [-0.3, -0.25) is 4.98 Å². The molecule has 0 radical (unpaired) electrons. The van der Waals surface area contributed by atoms with Gasteiger partial charge in [0.25, 0.3) is 0 Å². The molecule has 1 aliphatic carbocycles. The van der Waals surface area contributed by atoms with Crippen LogP contribution >= 0.6 is 0 Å². The van der Waals surface area contributed by atoms with Gasteiger partial charge in [0.05, 0.1) is 9.79 Å². The zero-order valence-electron chi connectivity index (χ0n) is 15.4. The van der Waals surface area contributed by atoms with E-state index in [0.29, 0.717) is 13.1 Å². The van der Waals surface area contributed by atoms with E-state index in [0.717, 1.165) is 31.2 Å². The van der Waals surface area contributed by atoms with Crippen LogP contribution < -0.4 is 0 Å². The maximum absolute atomic E-state index is 13.2. The summed E-state index contributed by atoms with van der Waals surface area (Å²) in [5.74, 6) is 0. The van der Waals surface area contributed by atoms with Crippen LogP contribution in [0, 0.1) is 0 Å². The first-order valence-corrected chi connectivity index (χ1v) is 12.3. The van der Waals surface area contributed by atoms with Crippen LogP contribution in [0.15, 0.2) is 58.6 Å². The molecule has 1 aromatic carbocycles. The van der Waals surface area contributed by atoms with Gasteiger partial charge in [0.1, 0.15) is 0 Å². The molecule has 2 aromatic rings. The number of hydrogen-bond acceptors (Lipinski definition) is 5. The van der Waals surface area contributed by atoms with Crippen molar-refractivity contribution in [3.8, 4) is 0 Å². The molecular weight excluding hydrogens is 398 g/mol. The second-order valence-corrected chi connectivity index (χ2v) is 11.0. The molecule has 1 saturated heterocycles. The zero-order chi connectivity index (χ0) is 19.8. The molecule has 2 heterocycles. The molecule has 2 fully saturated rings. The van der Waals surface area contributed by atoms with Gasteiger partial charge in [-0.15, -0.1) is 0 Å². The Hall–Kier alpha value is -1.81. The van der Waals surface area contributed by atoms with Gasteiger partial charge in [-0.25, -0.2) is 16.8 Å². The van der Waals surface area contributed by atoms with Gasteiger partial charge >= 0.3 is 0 Å². The molecule has 1 saturated carbocycles. The van der Waals surface area contributed by atoms with Crippen LogP contribution in [0.3, 0.4) is 0 Å². The molecule has 28 heavy (non-hydrogen) atoms. The molecule has 0 unspecified atom stereocenters. The Morgan fingerprint density at radius 2 is 1.46 bits per heavy atom. The predicted molar refractivity (Wildman–Crippen MR) is 104 cm³/mol. The third kappa shape index (κ3) is 3.84. The van der Waals surface area contributed by atoms with Crippen molar-refractivity contribution in [2.24, 2.45) is 0 Å². The fourth-order valence-electron chi connectivity index (χ4n) is 3.44.